The van der Waals surface area contributed by atoms with Crippen molar-refractivity contribution in [2.45, 2.75) is 71.8 Å². The number of aryl methyl sites for hydroxylation is 1. The molecule has 0 fully saturated rings. The normalized spacial score (nSPS) is 11.2. The maximum Gasteiger partial charge on any atom is 0.412 e. The average molecular weight is 618 g/mol. The molecule has 45 heavy (non-hydrogen) atoms. The van der Waals surface area contributed by atoms with E-state index in [1.807, 2.05) is 19.1 Å². The molecule has 2 aromatic heterocycles. The van der Waals surface area contributed by atoms with Crippen LogP contribution in [0.3, 0.4) is 0 Å². The number of fused-ring (bicyclic) bond motifs is 1. The highest BCUT2D eigenvalue weighted by Crippen LogP contribution is 2.33. The van der Waals surface area contributed by atoms with Crippen molar-refractivity contribution in [3.8, 4) is 22.8 Å². The predicted octanol–water partition coefficient (Wildman–Crippen LogP) is 7.85. The third-order valence-corrected chi connectivity index (χ3v) is 6.88. The number of para-hydroxylation sites is 2. The summed E-state index contributed by atoms with van der Waals surface area (Å²) >= 11 is 0. The summed E-state index contributed by atoms with van der Waals surface area (Å²) in [4.78, 5) is 37.5. The van der Waals surface area contributed by atoms with Gasteiger partial charge >= 0.3 is 6.09 Å². The van der Waals surface area contributed by atoms with E-state index in [9.17, 15) is 14.0 Å². The molecule has 0 spiro atoms. The van der Waals surface area contributed by atoms with Crippen molar-refractivity contribution in [1.82, 2.24) is 15.0 Å². The number of methoxy groups -OCH3 is 1. The van der Waals surface area contributed by atoms with Gasteiger partial charge in [0.15, 0.2) is 5.82 Å². The predicted molar refractivity (Wildman–Crippen MR) is 172 cm³/mol. The summed E-state index contributed by atoms with van der Waals surface area (Å²) in [5.41, 5.74) is 3.20. The number of halogens is 1. The van der Waals surface area contributed by atoms with Gasteiger partial charge in [0.2, 0.25) is 11.8 Å². The third-order valence-electron chi connectivity index (χ3n) is 6.88. The van der Waals surface area contributed by atoms with Crippen LogP contribution in [0, 0.1) is 12.7 Å². The molecule has 0 aliphatic carbocycles. The Morgan fingerprint density at radius 1 is 0.889 bits per heavy atom. The van der Waals surface area contributed by atoms with Crippen molar-refractivity contribution < 1.29 is 28.2 Å². The Kier molecular flexibility index (Phi) is 11.2. The topological polar surface area (TPSA) is 125 Å². The number of hydrogen-bond acceptors (Lipinski definition) is 8. The van der Waals surface area contributed by atoms with Gasteiger partial charge in [-0.2, -0.15) is 0 Å². The molecule has 10 nitrogen and oxygen atoms in total. The zero-order valence-corrected chi connectivity index (χ0v) is 26.4. The van der Waals surface area contributed by atoms with Gasteiger partial charge in [-0.05, 0) is 76.4 Å². The molecule has 4 aromatic rings. The minimum Gasteiger partial charge on any atom is -0.491 e. The molecule has 2 heterocycles. The minimum absolute atomic E-state index is 0.0610. The molecule has 0 saturated heterocycles. The van der Waals surface area contributed by atoms with Gasteiger partial charge in [-0.1, -0.05) is 31.4 Å². The number of rotatable bonds is 13. The molecule has 238 valence electrons. The number of anilines is 2. The fourth-order valence-electron chi connectivity index (χ4n) is 4.70. The van der Waals surface area contributed by atoms with Crippen molar-refractivity contribution in [1.29, 1.82) is 0 Å². The Morgan fingerprint density at radius 3 is 2.31 bits per heavy atom. The van der Waals surface area contributed by atoms with Gasteiger partial charge in [-0.25, -0.2) is 24.1 Å². The first-order valence-corrected chi connectivity index (χ1v) is 15.0. The van der Waals surface area contributed by atoms with E-state index in [1.165, 1.54) is 19.5 Å². The summed E-state index contributed by atoms with van der Waals surface area (Å²) in [5, 5.41) is 6.40. The molecule has 4 rings (SSSR count). The first-order valence-electron chi connectivity index (χ1n) is 15.0. The van der Waals surface area contributed by atoms with Crippen molar-refractivity contribution >= 4 is 34.3 Å². The summed E-state index contributed by atoms with van der Waals surface area (Å²) in [6.07, 6.45) is 7.20. The van der Waals surface area contributed by atoms with E-state index in [1.54, 1.807) is 51.2 Å². The molecule has 11 heteroatoms. The number of unbranched alkanes of at least 4 members (excludes halogenated alkanes) is 4. The first kappa shape index (κ1) is 33.1. The van der Waals surface area contributed by atoms with Gasteiger partial charge in [-0.3, -0.25) is 10.1 Å². The minimum atomic E-state index is -0.625. The van der Waals surface area contributed by atoms with Crippen LogP contribution < -0.4 is 20.1 Å². The molecule has 0 aliphatic heterocycles. The van der Waals surface area contributed by atoms with Crippen molar-refractivity contribution in [3.05, 3.63) is 66.5 Å². The summed E-state index contributed by atoms with van der Waals surface area (Å²) in [6.45, 7) is 7.74. The van der Waals surface area contributed by atoms with Crippen LogP contribution in [0.5, 0.6) is 11.6 Å². The lowest BCUT2D eigenvalue weighted by Gasteiger charge is -2.20. The van der Waals surface area contributed by atoms with Gasteiger partial charge in [0.25, 0.3) is 0 Å². The quantitative estimate of drug-likeness (QED) is 0.145. The van der Waals surface area contributed by atoms with Gasteiger partial charge < -0.3 is 19.5 Å². The molecular weight excluding hydrogens is 577 g/mol. The second-order valence-corrected chi connectivity index (χ2v) is 11.6. The second-order valence-electron chi connectivity index (χ2n) is 11.6. The highest BCUT2D eigenvalue weighted by molar-refractivity contribution is 5.97. The van der Waals surface area contributed by atoms with Crippen molar-refractivity contribution in [3.63, 3.8) is 0 Å². The second kappa shape index (κ2) is 15.3. The van der Waals surface area contributed by atoms with Crippen molar-refractivity contribution in [2.75, 3.05) is 24.4 Å². The average Bonchev–Trinajstić information content (AvgIpc) is 2.98. The SMILES string of the molecule is COc1ncc(-c2cc(OCCCCCCCC(=O)Nc3ccccc3NC(=O)OC(C)(C)C)c3ncnc(C)c3c2)cc1F. The largest absolute Gasteiger partial charge is 0.491 e. The van der Waals surface area contributed by atoms with Crippen LogP contribution in [0.2, 0.25) is 0 Å². The van der Waals surface area contributed by atoms with E-state index < -0.39 is 17.5 Å². The number of nitrogens with one attached hydrogen (secondary N) is 2. The van der Waals surface area contributed by atoms with E-state index in [0.717, 1.165) is 48.7 Å². The lowest BCUT2D eigenvalue weighted by molar-refractivity contribution is -0.116. The van der Waals surface area contributed by atoms with Crippen LogP contribution in [0.1, 0.15) is 65.0 Å². The summed E-state index contributed by atoms with van der Waals surface area (Å²) < 4.78 is 30.8. The van der Waals surface area contributed by atoms with Crippen LogP contribution in [0.15, 0.2) is 55.0 Å². The number of carbonyl (C=O) groups excluding carboxylic acids is 2. The number of nitrogens with zero attached hydrogens (tertiary/aromatic N) is 3. The smallest absolute Gasteiger partial charge is 0.412 e. The number of aromatic nitrogens is 3. The number of hydrogen-bond donors (Lipinski definition) is 2. The first-order chi connectivity index (χ1) is 21.5. The molecule has 0 saturated carbocycles. The van der Waals surface area contributed by atoms with Gasteiger partial charge in [0.05, 0.1) is 25.1 Å². The molecule has 0 aliphatic rings. The number of amides is 2. The zero-order valence-electron chi connectivity index (χ0n) is 26.4. The summed E-state index contributed by atoms with van der Waals surface area (Å²) in [7, 11) is 1.38. The lowest BCUT2D eigenvalue weighted by Crippen LogP contribution is -2.27. The van der Waals surface area contributed by atoms with Crippen LogP contribution in [0.4, 0.5) is 20.6 Å². The lowest BCUT2D eigenvalue weighted by atomic mass is 10.0. The molecular formula is C34H40FN5O5. The van der Waals surface area contributed by atoms with E-state index in [0.29, 0.717) is 41.2 Å². The van der Waals surface area contributed by atoms with Gasteiger partial charge in [-0.15, -0.1) is 0 Å². The van der Waals surface area contributed by atoms with E-state index >= 15 is 0 Å². The molecule has 2 aromatic carbocycles. The molecule has 0 radical (unpaired) electrons. The summed E-state index contributed by atoms with van der Waals surface area (Å²) in [5.74, 6) is -0.125. The highest BCUT2D eigenvalue weighted by Gasteiger charge is 2.18. The van der Waals surface area contributed by atoms with Crippen LogP contribution in [-0.4, -0.2) is 46.3 Å². The van der Waals surface area contributed by atoms with Gasteiger partial charge in [0, 0.05) is 29.3 Å². The summed E-state index contributed by atoms with van der Waals surface area (Å²) in [6, 6.07) is 12.2. The van der Waals surface area contributed by atoms with Gasteiger partial charge in [0.1, 0.15) is 23.2 Å². The number of benzene rings is 2. The molecule has 2 amide bonds. The fourth-order valence-corrected chi connectivity index (χ4v) is 4.70. The third kappa shape index (κ3) is 9.59. The Hall–Kier alpha value is -4.80. The Labute approximate surface area is 262 Å². The van der Waals surface area contributed by atoms with Crippen LogP contribution in [-0.2, 0) is 9.53 Å². The van der Waals surface area contributed by atoms with Crippen LogP contribution in [0.25, 0.3) is 22.0 Å². The van der Waals surface area contributed by atoms with E-state index in [4.69, 9.17) is 14.2 Å². The Balaban J connectivity index is 1.23. The maximum atomic E-state index is 14.4. The zero-order chi connectivity index (χ0) is 32.4. The van der Waals surface area contributed by atoms with Crippen LogP contribution >= 0.6 is 0 Å². The standard InChI is InChI=1S/C34H40FN5O5/c1-22-25-17-23(24-18-26(35)32(43-5)36-20-24)19-29(31(25)38-21-37-22)44-16-12-8-6-7-9-15-30(41)39-27-13-10-11-14-28(27)40-33(42)45-34(2,3)4/h10-11,13-14,17-21H,6-9,12,15-16H2,1-5H3,(H,39,41)(H,40,42). The fraction of sp³-hybridized carbons (Fsp3) is 0.382. The number of ether oxygens (including phenoxy) is 3. The monoisotopic (exact) mass is 617 g/mol. The highest BCUT2D eigenvalue weighted by atomic mass is 19.1. The van der Waals surface area contributed by atoms with E-state index in [2.05, 4.69) is 25.6 Å². The van der Waals surface area contributed by atoms with Crippen molar-refractivity contribution in [2.24, 2.45) is 0 Å². The molecule has 2 N–H and O–H groups in total. The van der Waals surface area contributed by atoms with E-state index in [-0.39, 0.29) is 11.8 Å². The maximum absolute atomic E-state index is 14.4. The number of pyridine rings is 1. The Bertz CT molecular complexity index is 1640. The number of carbonyl (C=O) groups is 2. The molecule has 0 unspecified atom stereocenters. The molecule has 0 bridgehead atoms. The Morgan fingerprint density at radius 2 is 1.60 bits per heavy atom. The molecule has 0 atom stereocenters.